The van der Waals surface area contributed by atoms with Gasteiger partial charge in [0.25, 0.3) is 0 Å². The van der Waals surface area contributed by atoms with E-state index in [9.17, 15) is 4.79 Å². The fourth-order valence-electron chi connectivity index (χ4n) is 3.27. The summed E-state index contributed by atoms with van der Waals surface area (Å²) in [6, 6.07) is 18.4. The standard InChI is InChI=1S/C21H26N2O2/c1-25-21(24)20-9-5-8-18(16-20)10-11-22-12-14-23(15-13-22)17-19-6-3-2-4-7-19/h2-9,16H,10-15,17H2,1H3. The van der Waals surface area contributed by atoms with Crippen molar-refractivity contribution >= 4 is 5.97 Å². The Morgan fingerprint density at radius 2 is 1.60 bits per heavy atom. The molecule has 4 nitrogen and oxygen atoms in total. The molecule has 3 rings (SSSR count). The van der Waals surface area contributed by atoms with Gasteiger partial charge in [-0.25, -0.2) is 4.79 Å². The number of hydrogen-bond acceptors (Lipinski definition) is 4. The second-order valence-electron chi connectivity index (χ2n) is 6.55. The highest BCUT2D eigenvalue weighted by Crippen LogP contribution is 2.11. The SMILES string of the molecule is COC(=O)c1cccc(CCN2CCN(Cc3ccccc3)CC2)c1. The summed E-state index contributed by atoms with van der Waals surface area (Å²) in [7, 11) is 1.42. The third-order valence-electron chi connectivity index (χ3n) is 4.78. The van der Waals surface area contributed by atoms with Gasteiger partial charge in [0.15, 0.2) is 0 Å². The van der Waals surface area contributed by atoms with Crippen LogP contribution in [0.25, 0.3) is 0 Å². The minimum atomic E-state index is -0.267. The number of nitrogens with zero attached hydrogens (tertiary/aromatic N) is 2. The van der Waals surface area contributed by atoms with Gasteiger partial charge in [-0.2, -0.15) is 0 Å². The quantitative estimate of drug-likeness (QED) is 0.758. The van der Waals surface area contributed by atoms with Crippen LogP contribution in [0.3, 0.4) is 0 Å². The molecule has 1 heterocycles. The van der Waals surface area contributed by atoms with Crippen LogP contribution in [-0.4, -0.2) is 55.6 Å². The maximum atomic E-state index is 11.6. The number of esters is 1. The molecule has 0 aliphatic carbocycles. The highest BCUT2D eigenvalue weighted by molar-refractivity contribution is 5.89. The highest BCUT2D eigenvalue weighted by Gasteiger charge is 2.16. The van der Waals surface area contributed by atoms with Crippen LogP contribution in [0.15, 0.2) is 54.6 Å². The molecule has 4 heteroatoms. The first-order chi connectivity index (χ1) is 12.2. The van der Waals surface area contributed by atoms with Gasteiger partial charge in [0.05, 0.1) is 12.7 Å². The minimum absolute atomic E-state index is 0.267. The summed E-state index contributed by atoms with van der Waals surface area (Å²) in [5.74, 6) is -0.267. The first-order valence-electron chi connectivity index (χ1n) is 8.90. The van der Waals surface area contributed by atoms with Crippen LogP contribution < -0.4 is 0 Å². The molecular formula is C21H26N2O2. The van der Waals surface area contributed by atoms with Gasteiger partial charge in [-0.1, -0.05) is 42.5 Å². The molecule has 1 saturated heterocycles. The molecule has 1 aliphatic rings. The number of hydrogen-bond donors (Lipinski definition) is 0. The number of methoxy groups -OCH3 is 1. The summed E-state index contributed by atoms with van der Waals surface area (Å²) in [6.07, 6.45) is 0.962. The van der Waals surface area contributed by atoms with Crippen molar-refractivity contribution in [2.45, 2.75) is 13.0 Å². The van der Waals surface area contributed by atoms with E-state index in [2.05, 4.69) is 46.2 Å². The van der Waals surface area contributed by atoms with Crippen molar-refractivity contribution in [3.05, 3.63) is 71.3 Å². The molecule has 0 radical (unpaired) electrons. The summed E-state index contributed by atoms with van der Waals surface area (Å²) >= 11 is 0. The lowest BCUT2D eigenvalue weighted by atomic mass is 10.1. The van der Waals surface area contributed by atoms with Crippen LogP contribution in [0.5, 0.6) is 0 Å². The molecule has 2 aromatic rings. The zero-order valence-corrected chi connectivity index (χ0v) is 14.9. The summed E-state index contributed by atoms with van der Waals surface area (Å²) < 4.78 is 4.79. The van der Waals surface area contributed by atoms with Crippen molar-refractivity contribution in [1.82, 2.24) is 9.80 Å². The zero-order chi connectivity index (χ0) is 17.5. The Bertz CT molecular complexity index is 679. The number of piperazine rings is 1. The minimum Gasteiger partial charge on any atom is -0.465 e. The van der Waals surface area contributed by atoms with Crippen molar-refractivity contribution in [2.24, 2.45) is 0 Å². The molecule has 0 atom stereocenters. The van der Waals surface area contributed by atoms with Gasteiger partial charge in [0.1, 0.15) is 0 Å². The fourth-order valence-corrected chi connectivity index (χ4v) is 3.27. The van der Waals surface area contributed by atoms with Gasteiger partial charge in [-0.15, -0.1) is 0 Å². The molecule has 132 valence electrons. The van der Waals surface area contributed by atoms with Gasteiger partial charge in [0, 0.05) is 39.3 Å². The second-order valence-corrected chi connectivity index (χ2v) is 6.55. The van der Waals surface area contributed by atoms with E-state index in [4.69, 9.17) is 4.74 Å². The topological polar surface area (TPSA) is 32.8 Å². The van der Waals surface area contributed by atoms with Crippen LogP contribution in [0.1, 0.15) is 21.5 Å². The first-order valence-corrected chi connectivity index (χ1v) is 8.90. The van der Waals surface area contributed by atoms with Gasteiger partial charge >= 0.3 is 5.97 Å². The molecule has 1 fully saturated rings. The van der Waals surface area contributed by atoms with Crippen molar-refractivity contribution in [3.63, 3.8) is 0 Å². The molecule has 0 unspecified atom stereocenters. The number of rotatable bonds is 6. The zero-order valence-electron chi connectivity index (χ0n) is 14.9. The fraction of sp³-hybridized carbons (Fsp3) is 0.381. The van der Waals surface area contributed by atoms with Gasteiger partial charge in [-0.3, -0.25) is 4.90 Å². The molecule has 0 amide bonds. The Kier molecular flexibility index (Phi) is 6.20. The monoisotopic (exact) mass is 338 g/mol. The number of carbonyl (C=O) groups is 1. The molecule has 0 aromatic heterocycles. The van der Waals surface area contributed by atoms with Crippen LogP contribution in [0, 0.1) is 0 Å². The third kappa shape index (κ3) is 5.15. The first kappa shape index (κ1) is 17.6. The predicted molar refractivity (Wildman–Crippen MR) is 99.6 cm³/mol. The Balaban J connectivity index is 1.44. The van der Waals surface area contributed by atoms with E-state index in [0.717, 1.165) is 45.7 Å². The number of ether oxygens (including phenoxy) is 1. The maximum Gasteiger partial charge on any atom is 0.337 e. The van der Waals surface area contributed by atoms with Crippen LogP contribution in [0.4, 0.5) is 0 Å². The van der Waals surface area contributed by atoms with Crippen molar-refractivity contribution in [2.75, 3.05) is 39.8 Å². The van der Waals surface area contributed by atoms with Gasteiger partial charge in [-0.05, 0) is 29.7 Å². The van der Waals surface area contributed by atoms with Crippen molar-refractivity contribution in [3.8, 4) is 0 Å². The summed E-state index contributed by atoms with van der Waals surface area (Å²) in [6.45, 7) is 6.49. The molecule has 0 bridgehead atoms. The number of carbonyl (C=O) groups excluding carboxylic acids is 1. The average Bonchev–Trinajstić information content (AvgIpc) is 2.68. The third-order valence-corrected chi connectivity index (χ3v) is 4.78. The van der Waals surface area contributed by atoms with E-state index in [1.165, 1.54) is 18.2 Å². The largest absolute Gasteiger partial charge is 0.465 e. The number of benzene rings is 2. The average molecular weight is 338 g/mol. The van der Waals surface area contributed by atoms with Crippen molar-refractivity contribution in [1.29, 1.82) is 0 Å². The lowest BCUT2D eigenvalue weighted by molar-refractivity contribution is 0.0600. The van der Waals surface area contributed by atoms with Crippen LogP contribution in [-0.2, 0) is 17.7 Å². The molecule has 2 aromatic carbocycles. The Morgan fingerprint density at radius 1 is 0.920 bits per heavy atom. The summed E-state index contributed by atoms with van der Waals surface area (Å²) in [4.78, 5) is 16.6. The predicted octanol–water partition coefficient (Wildman–Crippen LogP) is 2.83. The maximum absolute atomic E-state index is 11.6. The molecule has 25 heavy (non-hydrogen) atoms. The lowest BCUT2D eigenvalue weighted by Gasteiger charge is -2.34. The molecule has 0 N–H and O–H groups in total. The van der Waals surface area contributed by atoms with Crippen LogP contribution >= 0.6 is 0 Å². The highest BCUT2D eigenvalue weighted by atomic mass is 16.5. The molecule has 0 saturated carbocycles. The molecular weight excluding hydrogens is 312 g/mol. The lowest BCUT2D eigenvalue weighted by Crippen LogP contribution is -2.46. The van der Waals surface area contributed by atoms with Crippen LogP contribution in [0.2, 0.25) is 0 Å². The Morgan fingerprint density at radius 3 is 2.32 bits per heavy atom. The Hall–Kier alpha value is -2.17. The smallest absolute Gasteiger partial charge is 0.337 e. The molecule has 1 aliphatic heterocycles. The van der Waals surface area contributed by atoms with E-state index in [-0.39, 0.29) is 5.97 Å². The van der Waals surface area contributed by atoms with E-state index in [1.807, 2.05) is 12.1 Å². The normalized spacial score (nSPS) is 15.9. The van der Waals surface area contributed by atoms with E-state index < -0.39 is 0 Å². The second kappa shape index (κ2) is 8.79. The Labute approximate surface area is 150 Å². The summed E-state index contributed by atoms with van der Waals surface area (Å²) in [5, 5.41) is 0. The van der Waals surface area contributed by atoms with E-state index >= 15 is 0 Å². The van der Waals surface area contributed by atoms with Gasteiger partial charge in [0.2, 0.25) is 0 Å². The summed E-state index contributed by atoms with van der Waals surface area (Å²) in [5.41, 5.74) is 3.21. The van der Waals surface area contributed by atoms with Gasteiger partial charge < -0.3 is 9.64 Å². The van der Waals surface area contributed by atoms with Crippen molar-refractivity contribution < 1.29 is 9.53 Å². The van der Waals surface area contributed by atoms with E-state index in [0.29, 0.717) is 5.56 Å². The molecule has 0 spiro atoms. The van der Waals surface area contributed by atoms with E-state index in [1.54, 1.807) is 6.07 Å².